The van der Waals surface area contributed by atoms with E-state index in [1.54, 1.807) is 13.1 Å². The Labute approximate surface area is 219 Å². The summed E-state index contributed by atoms with van der Waals surface area (Å²) >= 11 is 0. The zero-order chi connectivity index (χ0) is 25.8. The molecule has 0 radical (unpaired) electrons. The summed E-state index contributed by atoms with van der Waals surface area (Å²) in [5.74, 6) is -0.00915. The Kier molecular flexibility index (Phi) is 7.42. The number of nitrogens with zero attached hydrogens (tertiary/aromatic N) is 3. The van der Waals surface area contributed by atoms with Gasteiger partial charge in [-0.25, -0.2) is 0 Å². The number of nitrogens with one attached hydrogen (secondary N) is 1. The molecule has 2 heterocycles. The van der Waals surface area contributed by atoms with Gasteiger partial charge in [-0.05, 0) is 112 Å². The van der Waals surface area contributed by atoms with Gasteiger partial charge in [0.25, 0.3) is 0 Å². The highest BCUT2D eigenvalue weighted by Crippen LogP contribution is 2.34. The van der Waals surface area contributed by atoms with Crippen LogP contribution in [0.15, 0.2) is 71.9 Å². The molecule has 1 aliphatic rings. The van der Waals surface area contributed by atoms with Crippen molar-refractivity contribution in [1.82, 2.24) is 9.88 Å². The zero-order valence-corrected chi connectivity index (χ0v) is 21.9. The molecule has 5 rings (SSSR count). The highest BCUT2D eigenvalue weighted by molar-refractivity contribution is 6.08. The van der Waals surface area contributed by atoms with Crippen molar-refractivity contribution in [1.29, 1.82) is 0 Å². The molecule has 1 fully saturated rings. The fourth-order valence-electron chi connectivity index (χ4n) is 5.14. The first-order chi connectivity index (χ1) is 18.0. The number of aryl methyl sites for hydroxylation is 1. The van der Waals surface area contributed by atoms with E-state index in [1.165, 1.54) is 31.5 Å². The summed E-state index contributed by atoms with van der Waals surface area (Å²) in [4.78, 5) is 24.2. The third kappa shape index (κ3) is 5.62. The van der Waals surface area contributed by atoms with Gasteiger partial charge >= 0.3 is 0 Å². The molecule has 3 aromatic carbocycles. The van der Waals surface area contributed by atoms with Crippen molar-refractivity contribution in [3.63, 3.8) is 0 Å². The quantitative estimate of drug-likeness (QED) is 0.205. The topological polar surface area (TPSA) is 57.6 Å². The monoisotopic (exact) mass is 490 g/mol. The maximum atomic E-state index is 12.6. The summed E-state index contributed by atoms with van der Waals surface area (Å²) in [5.41, 5.74) is 8.81. The molecule has 5 nitrogen and oxygen atoms in total. The largest absolute Gasteiger partial charge is 0.354 e. The van der Waals surface area contributed by atoms with Gasteiger partial charge < -0.3 is 10.2 Å². The van der Waals surface area contributed by atoms with Gasteiger partial charge in [0.1, 0.15) is 0 Å². The van der Waals surface area contributed by atoms with E-state index in [0.29, 0.717) is 5.56 Å². The number of fused-ring (bicyclic) bond motifs is 1. The highest BCUT2D eigenvalue weighted by Gasteiger charge is 2.15. The second-order valence-electron chi connectivity index (χ2n) is 9.85. The van der Waals surface area contributed by atoms with Gasteiger partial charge in [0.2, 0.25) is 0 Å². The maximum absolute atomic E-state index is 12.6. The Morgan fingerprint density at radius 2 is 1.84 bits per heavy atom. The molecule has 1 aromatic heterocycles. The molecule has 0 spiro atoms. The van der Waals surface area contributed by atoms with Crippen LogP contribution in [0.3, 0.4) is 0 Å². The number of hydrogen-bond donors (Lipinski definition) is 1. The Balaban J connectivity index is 1.50. The molecule has 1 N–H and O–H groups in total. The van der Waals surface area contributed by atoms with Crippen molar-refractivity contribution in [3.8, 4) is 11.1 Å². The van der Waals surface area contributed by atoms with Crippen LogP contribution in [0, 0.1) is 6.92 Å². The third-order valence-corrected chi connectivity index (χ3v) is 7.16. The van der Waals surface area contributed by atoms with Gasteiger partial charge in [-0.1, -0.05) is 24.3 Å². The van der Waals surface area contributed by atoms with Gasteiger partial charge in [-0.3, -0.25) is 14.8 Å². The molecule has 4 aromatic rings. The van der Waals surface area contributed by atoms with Crippen LogP contribution in [-0.2, 0) is 6.42 Å². The predicted molar refractivity (Wildman–Crippen MR) is 155 cm³/mol. The van der Waals surface area contributed by atoms with Crippen LogP contribution in [0.1, 0.15) is 48.2 Å². The Hall–Kier alpha value is -3.83. The minimum atomic E-state index is -0.00915. The minimum absolute atomic E-state index is 0.00915. The molecule has 1 aliphatic heterocycles. The first-order valence-corrected chi connectivity index (χ1v) is 13.1. The lowest BCUT2D eigenvalue weighted by atomic mass is 9.98. The molecule has 5 heteroatoms. The fraction of sp³-hybridized carbons (Fsp3) is 0.281. The van der Waals surface area contributed by atoms with E-state index >= 15 is 0 Å². The van der Waals surface area contributed by atoms with Gasteiger partial charge in [-0.2, -0.15) is 0 Å². The van der Waals surface area contributed by atoms with Crippen molar-refractivity contribution in [2.45, 2.75) is 40.0 Å². The number of carbonyl (C=O) groups is 1. The van der Waals surface area contributed by atoms with Crippen LogP contribution in [0.4, 0.5) is 17.1 Å². The van der Waals surface area contributed by atoms with Gasteiger partial charge in [-0.15, -0.1) is 0 Å². The minimum Gasteiger partial charge on any atom is -0.354 e. The number of likely N-dealkylation sites (tertiary alicyclic amines) is 1. The normalized spacial score (nSPS) is 14.0. The number of pyridine rings is 1. The molecule has 0 bridgehead atoms. The number of aliphatic imine (C=N–C) groups is 1. The standard InChI is InChI=1S/C32H34N4O/c1-4-33-30-12-10-25(18-22(30)2)26-11-13-31-28(20-26)32(29(21-34-31)23(3)37)35-27-9-7-8-24(19-27)14-17-36-15-5-6-16-36/h4,7-13,18-21H,5-6,14-17H2,1-3H3,(H,34,35)/b33-4-. The lowest BCUT2D eigenvalue weighted by Crippen LogP contribution is -2.21. The Bertz CT molecular complexity index is 1470. The van der Waals surface area contributed by atoms with E-state index in [4.69, 9.17) is 0 Å². The number of benzene rings is 3. The first kappa shape index (κ1) is 24.8. The summed E-state index contributed by atoms with van der Waals surface area (Å²) in [6.45, 7) is 9.10. The average Bonchev–Trinajstić information content (AvgIpc) is 3.43. The molecule has 0 atom stereocenters. The van der Waals surface area contributed by atoms with Crippen LogP contribution in [0.25, 0.3) is 22.0 Å². The van der Waals surface area contributed by atoms with Crippen molar-refractivity contribution in [2.24, 2.45) is 4.99 Å². The van der Waals surface area contributed by atoms with E-state index in [2.05, 4.69) is 75.6 Å². The number of ketones is 1. The SMILES string of the molecule is C/C=N\c1ccc(-c2ccc3ncc(C(C)=O)c(Nc4cccc(CCN5CCCC5)c4)c3c2)cc1C. The molecule has 0 unspecified atom stereocenters. The first-order valence-electron chi connectivity index (χ1n) is 13.1. The molecule has 0 amide bonds. The number of anilines is 2. The summed E-state index contributed by atoms with van der Waals surface area (Å²) in [5, 5.41) is 4.52. The molecular formula is C32H34N4O. The lowest BCUT2D eigenvalue weighted by Gasteiger charge is -2.17. The van der Waals surface area contributed by atoms with Crippen LogP contribution in [0.5, 0.6) is 0 Å². The molecule has 0 aliphatic carbocycles. The Morgan fingerprint density at radius 1 is 1.05 bits per heavy atom. The smallest absolute Gasteiger partial charge is 0.163 e. The average molecular weight is 491 g/mol. The van der Waals surface area contributed by atoms with Crippen LogP contribution < -0.4 is 5.32 Å². The predicted octanol–water partition coefficient (Wildman–Crippen LogP) is 7.52. The number of aromatic nitrogens is 1. The van der Waals surface area contributed by atoms with E-state index in [9.17, 15) is 4.79 Å². The molecular weight excluding hydrogens is 456 g/mol. The van der Waals surface area contributed by atoms with Crippen molar-refractivity contribution >= 4 is 40.0 Å². The van der Waals surface area contributed by atoms with Crippen molar-refractivity contribution < 1.29 is 4.79 Å². The van der Waals surface area contributed by atoms with E-state index in [1.807, 2.05) is 25.3 Å². The maximum Gasteiger partial charge on any atom is 0.163 e. The van der Waals surface area contributed by atoms with Crippen molar-refractivity contribution in [2.75, 3.05) is 25.0 Å². The van der Waals surface area contributed by atoms with Crippen LogP contribution >= 0.6 is 0 Å². The van der Waals surface area contributed by atoms with Crippen LogP contribution in [0.2, 0.25) is 0 Å². The summed E-state index contributed by atoms with van der Waals surface area (Å²) < 4.78 is 0. The number of hydrogen-bond acceptors (Lipinski definition) is 5. The fourth-order valence-corrected chi connectivity index (χ4v) is 5.14. The molecule has 188 valence electrons. The molecule has 37 heavy (non-hydrogen) atoms. The second-order valence-corrected chi connectivity index (χ2v) is 9.85. The van der Waals surface area contributed by atoms with Crippen molar-refractivity contribution in [3.05, 3.63) is 83.6 Å². The van der Waals surface area contributed by atoms with Crippen LogP contribution in [-0.4, -0.2) is 41.5 Å². The summed E-state index contributed by atoms with van der Waals surface area (Å²) in [6, 6.07) is 21.1. The number of carbonyl (C=O) groups excluding carboxylic acids is 1. The van der Waals surface area contributed by atoms with E-state index < -0.39 is 0 Å². The zero-order valence-electron chi connectivity index (χ0n) is 21.9. The summed E-state index contributed by atoms with van der Waals surface area (Å²) in [6.07, 6.45) is 7.14. The van der Waals surface area contributed by atoms with E-state index in [-0.39, 0.29) is 5.78 Å². The summed E-state index contributed by atoms with van der Waals surface area (Å²) in [7, 11) is 0. The number of rotatable bonds is 8. The molecule has 1 saturated heterocycles. The number of Topliss-reactive ketones (excluding diaryl/α,β-unsaturated/α-hetero) is 1. The van der Waals surface area contributed by atoms with Gasteiger partial charge in [0.15, 0.2) is 5.78 Å². The van der Waals surface area contributed by atoms with Gasteiger partial charge in [0, 0.05) is 30.0 Å². The lowest BCUT2D eigenvalue weighted by molar-refractivity contribution is 0.101. The Morgan fingerprint density at radius 3 is 2.59 bits per heavy atom. The van der Waals surface area contributed by atoms with E-state index in [0.717, 1.165) is 57.6 Å². The second kappa shape index (κ2) is 11.1. The molecule has 0 saturated carbocycles. The van der Waals surface area contributed by atoms with Gasteiger partial charge in [0.05, 0.1) is 22.5 Å². The highest BCUT2D eigenvalue weighted by atomic mass is 16.1. The third-order valence-electron chi connectivity index (χ3n) is 7.16.